The fourth-order valence-electron chi connectivity index (χ4n) is 3.31. The zero-order valence-electron chi connectivity index (χ0n) is 11.8. The summed E-state index contributed by atoms with van der Waals surface area (Å²) in [7, 11) is 2.02. The largest absolute Gasteiger partial charge is 0.316 e. The van der Waals surface area contributed by atoms with E-state index < -0.39 is 0 Å². The van der Waals surface area contributed by atoms with E-state index in [2.05, 4.69) is 12.2 Å². The molecular weight excluding hydrogens is 261 g/mol. The summed E-state index contributed by atoms with van der Waals surface area (Å²) >= 11 is 6.15. The first-order valence-corrected chi connectivity index (χ1v) is 7.54. The number of rotatable bonds is 4. The summed E-state index contributed by atoms with van der Waals surface area (Å²) in [5.74, 6) is -0.265. The van der Waals surface area contributed by atoms with Crippen LogP contribution in [-0.2, 0) is 6.42 Å². The molecule has 1 aromatic rings. The van der Waals surface area contributed by atoms with Crippen LogP contribution in [0.1, 0.15) is 44.6 Å². The second-order valence-corrected chi connectivity index (χ2v) is 6.40. The molecule has 1 fully saturated rings. The summed E-state index contributed by atoms with van der Waals surface area (Å²) in [6.45, 7) is 2.37. The Balaban J connectivity index is 2.14. The van der Waals surface area contributed by atoms with Crippen LogP contribution in [0.4, 0.5) is 4.39 Å². The number of halogens is 2. The summed E-state index contributed by atoms with van der Waals surface area (Å²) in [6, 6.07) is 5.12. The molecule has 0 spiro atoms. The van der Waals surface area contributed by atoms with Crippen molar-refractivity contribution in [2.24, 2.45) is 5.41 Å². The maximum absolute atomic E-state index is 13.1. The topological polar surface area (TPSA) is 12.0 Å². The number of likely N-dealkylation sites (N-methyl/N-ethyl adjacent to an activating group) is 1. The molecule has 0 saturated heterocycles. The van der Waals surface area contributed by atoms with Gasteiger partial charge in [0.1, 0.15) is 5.82 Å². The minimum absolute atomic E-state index is 0.265. The highest BCUT2D eigenvalue weighted by Crippen LogP contribution is 2.40. The van der Waals surface area contributed by atoms with E-state index in [1.807, 2.05) is 13.1 Å². The van der Waals surface area contributed by atoms with Crippen LogP contribution < -0.4 is 5.32 Å². The van der Waals surface area contributed by atoms with Gasteiger partial charge in [-0.1, -0.05) is 43.9 Å². The molecule has 1 nitrogen and oxygen atoms in total. The number of nitrogens with one attached hydrogen (secondary N) is 1. The normalized spacial score (nSPS) is 20.2. The first kappa shape index (κ1) is 14.8. The van der Waals surface area contributed by atoms with Crippen molar-refractivity contribution in [1.29, 1.82) is 0 Å². The molecule has 0 bridgehead atoms. The summed E-state index contributed by atoms with van der Waals surface area (Å²) < 4.78 is 13.1. The van der Waals surface area contributed by atoms with Gasteiger partial charge in [-0.3, -0.25) is 0 Å². The summed E-state index contributed by atoms with van der Waals surface area (Å²) in [6.07, 6.45) is 7.36. The highest BCUT2D eigenvalue weighted by atomic mass is 35.5. The Bertz CT molecular complexity index is 427. The quantitative estimate of drug-likeness (QED) is 0.853. The smallest absolute Gasteiger partial charge is 0.124 e. The average Bonchev–Trinajstić information content (AvgIpc) is 2.38. The van der Waals surface area contributed by atoms with Gasteiger partial charge in [0.15, 0.2) is 0 Å². The van der Waals surface area contributed by atoms with E-state index >= 15 is 0 Å². The maximum Gasteiger partial charge on any atom is 0.124 e. The molecule has 0 radical (unpaired) electrons. The highest BCUT2D eigenvalue weighted by molar-refractivity contribution is 6.31. The van der Waals surface area contributed by atoms with Crippen molar-refractivity contribution in [1.82, 2.24) is 5.32 Å². The lowest BCUT2D eigenvalue weighted by Gasteiger charge is -2.41. The molecule has 1 saturated carbocycles. The van der Waals surface area contributed by atoms with Crippen molar-refractivity contribution in [3.05, 3.63) is 34.6 Å². The van der Waals surface area contributed by atoms with Crippen LogP contribution in [0.3, 0.4) is 0 Å². The van der Waals surface area contributed by atoms with Gasteiger partial charge in [0.2, 0.25) is 0 Å². The standard InChI is InChI=1S/C16H23ClFN/c1-16(8-4-3-5-9-16)15(19-2)10-12-6-7-13(18)11-14(12)17/h6-7,11,15,19H,3-5,8-10H2,1-2H3. The molecule has 1 unspecified atom stereocenters. The molecule has 1 aliphatic carbocycles. The van der Waals surface area contributed by atoms with Gasteiger partial charge in [-0.2, -0.15) is 0 Å². The Morgan fingerprint density at radius 1 is 1.32 bits per heavy atom. The molecule has 2 rings (SSSR count). The lowest BCUT2D eigenvalue weighted by Crippen LogP contribution is -2.44. The zero-order chi connectivity index (χ0) is 13.9. The maximum atomic E-state index is 13.1. The minimum atomic E-state index is -0.265. The van der Waals surface area contributed by atoms with Crippen LogP contribution in [-0.4, -0.2) is 13.1 Å². The molecule has 0 aliphatic heterocycles. The average molecular weight is 284 g/mol. The Labute approximate surface area is 120 Å². The molecule has 0 amide bonds. The van der Waals surface area contributed by atoms with Gasteiger partial charge < -0.3 is 5.32 Å². The second kappa shape index (κ2) is 6.23. The summed E-state index contributed by atoms with van der Waals surface area (Å²) in [4.78, 5) is 0. The van der Waals surface area contributed by atoms with E-state index in [4.69, 9.17) is 11.6 Å². The van der Waals surface area contributed by atoms with Crippen molar-refractivity contribution in [2.45, 2.75) is 51.5 Å². The lowest BCUT2D eigenvalue weighted by atomic mass is 9.69. The fourth-order valence-corrected chi connectivity index (χ4v) is 3.56. The minimum Gasteiger partial charge on any atom is -0.316 e. The van der Waals surface area contributed by atoms with Gasteiger partial charge in [-0.15, -0.1) is 0 Å². The molecule has 0 heterocycles. The van der Waals surface area contributed by atoms with Crippen molar-refractivity contribution in [2.75, 3.05) is 7.05 Å². The second-order valence-electron chi connectivity index (χ2n) is 6.00. The third-order valence-electron chi connectivity index (χ3n) is 4.62. The SMILES string of the molecule is CNC(Cc1ccc(F)cc1Cl)C1(C)CCCCC1. The molecule has 1 N–H and O–H groups in total. The van der Waals surface area contributed by atoms with Crippen molar-refractivity contribution < 1.29 is 4.39 Å². The summed E-state index contributed by atoms with van der Waals surface area (Å²) in [5, 5.41) is 3.99. The van der Waals surface area contributed by atoms with Gasteiger partial charge >= 0.3 is 0 Å². The molecule has 106 valence electrons. The molecular formula is C16H23ClFN. The number of hydrogen-bond donors (Lipinski definition) is 1. The van der Waals surface area contributed by atoms with Crippen LogP contribution in [0.5, 0.6) is 0 Å². The molecule has 0 aromatic heterocycles. The Morgan fingerprint density at radius 3 is 2.58 bits per heavy atom. The Kier molecular flexibility index (Phi) is 4.86. The van der Waals surface area contributed by atoms with E-state index in [-0.39, 0.29) is 5.82 Å². The number of benzene rings is 1. The van der Waals surface area contributed by atoms with E-state index in [1.54, 1.807) is 0 Å². The van der Waals surface area contributed by atoms with Gasteiger partial charge in [0, 0.05) is 11.1 Å². The van der Waals surface area contributed by atoms with Gasteiger partial charge in [-0.05, 0) is 49.4 Å². The van der Waals surface area contributed by atoms with Crippen molar-refractivity contribution in [3.8, 4) is 0 Å². The zero-order valence-corrected chi connectivity index (χ0v) is 12.6. The van der Waals surface area contributed by atoms with Gasteiger partial charge in [0.25, 0.3) is 0 Å². The van der Waals surface area contributed by atoms with E-state index in [1.165, 1.54) is 44.2 Å². The van der Waals surface area contributed by atoms with Crippen LogP contribution in [0.2, 0.25) is 5.02 Å². The van der Waals surface area contributed by atoms with E-state index in [0.717, 1.165) is 12.0 Å². The molecule has 1 aromatic carbocycles. The molecule has 1 atom stereocenters. The van der Waals surface area contributed by atoms with E-state index in [9.17, 15) is 4.39 Å². The molecule has 19 heavy (non-hydrogen) atoms. The summed E-state index contributed by atoms with van der Waals surface area (Å²) in [5.41, 5.74) is 1.36. The third kappa shape index (κ3) is 3.49. The third-order valence-corrected chi connectivity index (χ3v) is 4.98. The first-order chi connectivity index (χ1) is 9.05. The fraction of sp³-hybridized carbons (Fsp3) is 0.625. The first-order valence-electron chi connectivity index (χ1n) is 7.16. The molecule has 1 aliphatic rings. The van der Waals surface area contributed by atoms with Crippen LogP contribution in [0.15, 0.2) is 18.2 Å². The van der Waals surface area contributed by atoms with Crippen LogP contribution in [0, 0.1) is 11.2 Å². The Hall–Kier alpha value is -0.600. The molecule has 3 heteroatoms. The monoisotopic (exact) mass is 283 g/mol. The van der Waals surface area contributed by atoms with Gasteiger partial charge in [-0.25, -0.2) is 4.39 Å². The van der Waals surface area contributed by atoms with Gasteiger partial charge in [0.05, 0.1) is 0 Å². The van der Waals surface area contributed by atoms with Crippen molar-refractivity contribution in [3.63, 3.8) is 0 Å². The van der Waals surface area contributed by atoms with E-state index in [0.29, 0.717) is 16.5 Å². The predicted octanol–water partition coefficient (Wildman–Crippen LogP) is 4.58. The van der Waals surface area contributed by atoms with Crippen molar-refractivity contribution >= 4 is 11.6 Å². The lowest BCUT2D eigenvalue weighted by molar-refractivity contribution is 0.149. The van der Waals surface area contributed by atoms with Crippen LogP contribution in [0.25, 0.3) is 0 Å². The Morgan fingerprint density at radius 2 is 2.00 bits per heavy atom. The highest BCUT2D eigenvalue weighted by Gasteiger charge is 2.34. The number of hydrogen-bond acceptors (Lipinski definition) is 1. The predicted molar refractivity (Wildman–Crippen MR) is 79.2 cm³/mol. The van der Waals surface area contributed by atoms with Crippen LogP contribution >= 0.6 is 11.6 Å².